The molecular formula is C27H20N2O6. The predicted molar refractivity (Wildman–Crippen MR) is 124 cm³/mol. The number of imide groups is 1. The molecule has 0 saturated carbocycles. The minimum atomic E-state index is -0.862. The highest BCUT2D eigenvalue weighted by Crippen LogP contribution is 2.54. The highest BCUT2D eigenvalue weighted by molar-refractivity contribution is 6.24. The number of nitrogens with zero attached hydrogens (tertiary/aromatic N) is 2. The number of hydrogen-bond donors (Lipinski definition) is 0. The van der Waals surface area contributed by atoms with Gasteiger partial charge in [-0.15, -0.1) is 0 Å². The van der Waals surface area contributed by atoms with Crippen LogP contribution in [0.15, 0.2) is 71.5 Å². The summed E-state index contributed by atoms with van der Waals surface area (Å²) in [5.41, 5.74) is 2.30. The molecule has 0 radical (unpaired) electrons. The maximum atomic E-state index is 13.9. The van der Waals surface area contributed by atoms with E-state index >= 15 is 0 Å². The average molecular weight is 468 g/mol. The Morgan fingerprint density at radius 2 is 1.69 bits per heavy atom. The molecule has 174 valence electrons. The number of ketones is 1. The van der Waals surface area contributed by atoms with Gasteiger partial charge in [-0.2, -0.15) is 0 Å². The van der Waals surface area contributed by atoms with E-state index in [2.05, 4.69) is 0 Å². The molecule has 4 aliphatic heterocycles. The number of furan rings is 1. The number of rotatable bonds is 3. The monoisotopic (exact) mass is 468 g/mol. The van der Waals surface area contributed by atoms with Crippen molar-refractivity contribution in [2.75, 3.05) is 18.1 Å². The summed E-state index contributed by atoms with van der Waals surface area (Å²) in [6.07, 6.45) is 5.18. The molecule has 8 nitrogen and oxygen atoms in total. The first kappa shape index (κ1) is 20.1. The van der Waals surface area contributed by atoms with Crippen LogP contribution in [-0.4, -0.2) is 41.8 Å². The van der Waals surface area contributed by atoms with Crippen molar-refractivity contribution in [2.45, 2.75) is 12.1 Å². The quantitative estimate of drug-likeness (QED) is 0.430. The van der Waals surface area contributed by atoms with Crippen molar-refractivity contribution in [3.05, 3.63) is 83.9 Å². The van der Waals surface area contributed by atoms with Crippen LogP contribution in [0.2, 0.25) is 0 Å². The molecule has 0 aliphatic carbocycles. The molecule has 0 bridgehead atoms. The first-order chi connectivity index (χ1) is 17.1. The highest BCUT2D eigenvalue weighted by Gasteiger charge is 2.64. The maximum absolute atomic E-state index is 13.9. The summed E-state index contributed by atoms with van der Waals surface area (Å²) in [5, 5.41) is 0. The van der Waals surface area contributed by atoms with E-state index in [-0.39, 0.29) is 17.5 Å². The number of carbonyl (C=O) groups excluding carboxylic acids is 3. The minimum absolute atomic E-state index is 0.166. The number of fused-ring (bicyclic) bond motifs is 6. The summed E-state index contributed by atoms with van der Waals surface area (Å²) in [6, 6.07) is 14.7. The van der Waals surface area contributed by atoms with Gasteiger partial charge in [0.25, 0.3) is 0 Å². The summed E-state index contributed by atoms with van der Waals surface area (Å²) < 4.78 is 16.7. The number of ether oxygens (including phenoxy) is 2. The SMILES string of the molecule is O=C(c1ccco1)[C@@H]1[C@@H]2C(=O)N(c3ccc4c(c3)OCCO4)C(=O)[C@@H]2[C@@H]2c3ccccc3C=CN12. The van der Waals surface area contributed by atoms with Crippen LogP contribution in [0.25, 0.3) is 6.08 Å². The number of Topliss-reactive ketones (excluding diaryl/α,β-unsaturated/α-hetero) is 1. The molecule has 7 rings (SSSR count). The van der Waals surface area contributed by atoms with Gasteiger partial charge in [0.15, 0.2) is 17.3 Å². The van der Waals surface area contributed by atoms with E-state index < -0.39 is 29.8 Å². The third-order valence-corrected chi connectivity index (χ3v) is 7.28. The lowest BCUT2D eigenvalue weighted by Gasteiger charge is -2.35. The second-order valence-corrected chi connectivity index (χ2v) is 9.01. The van der Waals surface area contributed by atoms with Gasteiger partial charge >= 0.3 is 0 Å². The summed E-state index contributed by atoms with van der Waals surface area (Å²) in [6.45, 7) is 0.836. The van der Waals surface area contributed by atoms with Crippen molar-refractivity contribution in [2.24, 2.45) is 11.8 Å². The van der Waals surface area contributed by atoms with Gasteiger partial charge in [-0.1, -0.05) is 24.3 Å². The molecule has 0 unspecified atom stereocenters. The molecule has 1 aromatic heterocycles. The van der Waals surface area contributed by atoms with Gasteiger partial charge in [-0.3, -0.25) is 14.4 Å². The number of hydrogen-bond acceptors (Lipinski definition) is 7. The average Bonchev–Trinajstić information content (AvgIpc) is 3.60. The third kappa shape index (κ3) is 2.76. The summed E-state index contributed by atoms with van der Waals surface area (Å²) >= 11 is 0. The van der Waals surface area contributed by atoms with E-state index in [1.54, 1.807) is 30.3 Å². The first-order valence-electron chi connectivity index (χ1n) is 11.5. The summed E-state index contributed by atoms with van der Waals surface area (Å²) in [5.74, 6) is -1.39. The molecule has 2 saturated heterocycles. The Balaban J connectivity index is 1.35. The van der Waals surface area contributed by atoms with Crippen LogP contribution in [0.4, 0.5) is 5.69 Å². The zero-order valence-corrected chi connectivity index (χ0v) is 18.5. The molecule has 4 aliphatic rings. The van der Waals surface area contributed by atoms with Gasteiger partial charge in [0.05, 0.1) is 29.8 Å². The normalized spacial score (nSPS) is 25.9. The molecule has 2 aromatic carbocycles. The standard InChI is InChI=1S/C27H20N2O6/c30-25(19-6-3-11-33-19)24-22-21(23-17-5-2-1-4-15(17)9-10-28(23)24)26(31)29(27(22)32)16-7-8-18-20(14-16)35-13-12-34-18/h1-11,14,21-24H,12-13H2/t21-,22+,23-,24-/m0/s1. The third-order valence-electron chi connectivity index (χ3n) is 7.28. The van der Waals surface area contributed by atoms with Crippen molar-refractivity contribution in [3.8, 4) is 11.5 Å². The number of benzene rings is 2. The lowest BCUT2D eigenvalue weighted by atomic mass is 9.84. The van der Waals surface area contributed by atoms with Crippen molar-refractivity contribution in [1.29, 1.82) is 0 Å². The highest BCUT2D eigenvalue weighted by atomic mass is 16.6. The Labute approximate surface area is 200 Å². The van der Waals surface area contributed by atoms with E-state index in [1.807, 2.05) is 41.4 Å². The Morgan fingerprint density at radius 3 is 2.51 bits per heavy atom. The Hall–Kier alpha value is -4.33. The van der Waals surface area contributed by atoms with Crippen molar-refractivity contribution in [1.82, 2.24) is 4.90 Å². The lowest BCUT2D eigenvalue weighted by Crippen LogP contribution is -2.44. The van der Waals surface area contributed by atoms with Crippen LogP contribution in [0.1, 0.15) is 27.7 Å². The topological polar surface area (TPSA) is 89.3 Å². The lowest BCUT2D eigenvalue weighted by molar-refractivity contribution is -0.123. The van der Waals surface area contributed by atoms with E-state index in [4.69, 9.17) is 13.9 Å². The van der Waals surface area contributed by atoms with Crippen LogP contribution in [-0.2, 0) is 9.59 Å². The first-order valence-corrected chi connectivity index (χ1v) is 11.5. The van der Waals surface area contributed by atoms with E-state index in [9.17, 15) is 14.4 Å². The zero-order chi connectivity index (χ0) is 23.7. The fourth-order valence-corrected chi connectivity index (χ4v) is 5.85. The molecular weight excluding hydrogens is 448 g/mol. The fourth-order valence-electron chi connectivity index (χ4n) is 5.85. The molecule has 3 aromatic rings. The van der Waals surface area contributed by atoms with E-state index in [1.165, 1.54) is 11.2 Å². The largest absolute Gasteiger partial charge is 0.486 e. The van der Waals surface area contributed by atoms with Crippen molar-refractivity contribution >= 4 is 29.4 Å². The van der Waals surface area contributed by atoms with E-state index in [0.717, 1.165) is 11.1 Å². The molecule has 2 amide bonds. The van der Waals surface area contributed by atoms with Gasteiger partial charge in [0.2, 0.25) is 17.6 Å². The van der Waals surface area contributed by atoms with Gasteiger partial charge in [-0.05, 0) is 41.5 Å². The Morgan fingerprint density at radius 1 is 0.886 bits per heavy atom. The molecule has 0 N–H and O–H groups in total. The molecule has 5 heterocycles. The smallest absolute Gasteiger partial charge is 0.240 e. The van der Waals surface area contributed by atoms with Gasteiger partial charge in [-0.25, -0.2) is 4.90 Å². The zero-order valence-electron chi connectivity index (χ0n) is 18.5. The minimum Gasteiger partial charge on any atom is -0.486 e. The second-order valence-electron chi connectivity index (χ2n) is 9.01. The van der Waals surface area contributed by atoms with Crippen LogP contribution in [0.3, 0.4) is 0 Å². The van der Waals surface area contributed by atoms with Gasteiger partial charge in [0, 0.05) is 12.3 Å². The van der Waals surface area contributed by atoms with Crippen molar-refractivity contribution < 1.29 is 28.3 Å². The molecule has 8 heteroatoms. The molecule has 0 spiro atoms. The van der Waals surface area contributed by atoms with Crippen LogP contribution in [0, 0.1) is 11.8 Å². The fraction of sp³-hybridized carbons (Fsp3) is 0.222. The molecule has 4 atom stereocenters. The number of carbonyl (C=O) groups is 3. The van der Waals surface area contributed by atoms with Crippen molar-refractivity contribution in [3.63, 3.8) is 0 Å². The molecule has 2 fully saturated rings. The predicted octanol–water partition coefficient (Wildman–Crippen LogP) is 3.45. The van der Waals surface area contributed by atoms with Gasteiger partial charge < -0.3 is 18.8 Å². The second kappa shape index (κ2) is 7.33. The Bertz CT molecular complexity index is 1410. The maximum Gasteiger partial charge on any atom is 0.240 e. The Kier molecular flexibility index (Phi) is 4.21. The molecule has 35 heavy (non-hydrogen) atoms. The van der Waals surface area contributed by atoms with Crippen LogP contribution in [0.5, 0.6) is 11.5 Å². The van der Waals surface area contributed by atoms with Crippen LogP contribution < -0.4 is 14.4 Å². The van der Waals surface area contributed by atoms with E-state index in [0.29, 0.717) is 30.4 Å². The summed E-state index contributed by atoms with van der Waals surface area (Å²) in [7, 11) is 0. The number of amides is 2. The number of anilines is 1. The van der Waals surface area contributed by atoms with Gasteiger partial charge in [0.1, 0.15) is 19.3 Å². The van der Waals surface area contributed by atoms with Crippen LogP contribution >= 0.6 is 0 Å². The summed E-state index contributed by atoms with van der Waals surface area (Å²) in [4.78, 5) is 44.5.